The van der Waals surface area contributed by atoms with Crippen molar-refractivity contribution in [3.63, 3.8) is 0 Å². The molecule has 14 heteroatoms. The summed E-state index contributed by atoms with van der Waals surface area (Å²) in [7, 11) is 0. The summed E-state index contributed by atoms with van der Waals surface area (Å²) in [5.74, 6) is -0.0503. The SMILES string of the molecule is C.CC(=O)NO.CC(C)(C)[O-].Cc1nc(Cl)c(C#N)c(C)c1Br.Cc1nc2onc(N)c2c(C)c1Br.[K+]. The van der Waals surface area contributed by atoms with E-state index >= 15 is 0 Å². The number of hydroxylamine groups is 1. The average Bonchev–Trinajstić information content (AvgIpc) is 3.10. The fourth-order valence-corrected chi connectivity index (χ4v) is 3.11. The first-order chi connectivity index (χ1) is 16.0. The molecule has 37 heavy (non-hydrogen) atoms. The minimum Gasteiger partial charge on any atom is -0.850 e. The van der Waals surface area contributed by atoms with E-state index in [2.05, 4.69) is 47.0 Å². The van der Waals surface area contributed by atoms with E-state index < -0.39 is 11.5 Å². The molecule has 3 rings (SSSR count). The van der Waals surface area contributed by atoms with Crippen molar-refractivity contribution in [2.24, 2.45) is 0 Å². The van der Waals surface area contributed by atoms with E-state index in [1.807, 2.05) is 33.8 Å². The number of nitrogens with one attached hydrogen (secondary N) is 1. The number of amides is 1. The van der Waals surface area contributed by atoms with E-state index in [1.165, 1.54) is 12.4 Å². The van der Waals surface area contributed by atoms with Crippen LogP contribution in [0, 0.1) is 39.0 Å². The topological polar surface area (TPSA) is 174 Å². The number of anilines is 1. The van der Waals surface area contributed by atoms with Crippen molar-refractivity contribution in [3.8, 4) is 6.07 Å². The fourth-order valence-electron chi connectivity index (χ4n) is 2.22. The van der Waals surface area contributed by atoms with Gasteiger partial charge >= 0.3 is 51.4 Å². The maximum atomic E-state index is 10.1. The number of carbonyl (C=O) groups is 1. The molecule has 0 fully saturated rings. The molecule has 4 N–H and O–H groups in total. The van der Waals surface area contributed by atoms with Gasteiger partial charge in [0.1, 0.15) is 11.2 Å². The molecule has 0 radical (unpaired) electrons. The van der Waals surface area contributed by atoms with Gasteiger partial charge in [0.2, 0.25) is 5.91 Å². The van der Waals surface area contributed by atoms with Crippen LogP contribution in [0.1, 0.15) is 63.2 Å². The molecule has 1 amide bonds. The Kier molecular flexibility index (Phi) is 20.5. The van der Waals surface area contributed by atoms with Gasteiger partial charge in [0.05, 0.1) is 22.3 Å². The summed E-state index contributed by atoms with van der Waals surface area (Å²) in [6.07, 6.45) is 0. The first-order valence-corrected chi connectivity index (χ1v) is 11.9. The maximum Gasteiger partial charge on any atom is 1.00 e. The van der Waals surface area contributed by atoms with E-state index in [0.29, 0.717) is 17.1 Å². The van der Waals surface area contributed by atoms with E-state index in [4.69, 9.17) is 32.3 Å². The molecular weight excluding hydrogens is 659 g/mol. The number of carbonyl (C=O) groups excluding carboxylic acids is 1. The van der Waals surface area contributed by atoms with Crippen LogP contribution in [0.15, 0.2) is 13.5 Å². The van der Waals surface area contributed by atoms with Gasteiger partial charge in [-0.15, -0.1) is 5.60 Å². The van der Waals surface area contributed by atoms with Gasteiger partial charge in [0.15, 0.2) is 5.82 Å². The summed E-state index contributed by atoms with van der Waals surface area (Å²) in [6.45, 7) is 13.6. The van der Waals surface area contributed by atoms with Crippen LogP contribution < -0.4 is 67.7 Å². The summed E-state index contributed by atoms with van der Waals surface area (Å²) >= 11 is 12.5. The predicted molar refractivity (Wildman–Crippen MR) is 147 cm³/mol. The summed E-state index contributed by atoms with van der Waals surface area (Å²) in [4.78, 5) is 17.7. The van der Waals surface area contributed by atoms with Crippen molar-refractivity contribution >= 4 is 66.3 Å². The number of pyridine rings is 2. The second-order valence-corrected chi connectivity index (χ2v) is 10.0. The van der Waals surface area contributed by atoms with Gasteiger partial charge in [0.25, 0.3) is 5.71 Å². The molecule has 0 spiro atoms. The number of aromatic nitrogens is 3. The number of hydrogen-bond acceptors (Lipinski definition) is 9. The van der Waals surface area contributed by atoms with Crippen LogP contribution in [0.5, 0.6) is 0 Å². The van der Waals surface area contributed by atoms with E-state index in [-0.39, 0.29) is 64.0 Å². The first kappa shape index (κ1) is 40.8. The van der Waals surface area contributed by atoms with Gasteiger partial charge in [-0.2, -0.15) is 5.26 Å². The van der Waals surface area contributed by atoms with Crippen LogP contribution in [0.4, 0.5) is 5.82 Å². The molecule has 3 aromatic rings. The molecule has 0 unspecified atom stereocenters. The molecule has 0 atom stereocenters. The molecule has 0 saturated heterocycles. The maximum absolute atomic E-state index is 10.1. The second kappa shape index (κ2) is 18.6. The number of nitrogens with zero attached hydrogens (tertiary/aromatic N) is 4. The Hall–Kier alpha value is -0.664. The molecule has 0 bridgehead atoms. The van der Waals surface area contributed by atoms with Crippen molar-refractivity contribution in [1.29, 1.82) is 5.26 Å². The Labute approximate surface area is 282 Å². The smallest absolute Gasteiger partial charge is 0.850 e. The molecule has 0 aromatic carbocycles. The van der Waals surface area contributed by atoms with Crippen LogP contribution in [0.25, 0.3) is 11.1 Å². The molecule has 200 valence electrons. The van der Waals surface area contributed by atoms with Crippen molar-refractivity contribution in [1.82, 2.24) is 20.6 Å². The Morgan fingerprint density at radius 3 is 1.95 bits per heavy atom. The molecule has 0 aliphatic rings. The minimum atomic E-state index is -0.750. The largest absolute Gasteiger partial charge is 1.00 e. The fraction of sp³-hybridized carbons (Fsp3) is 0.435. The van der Waals surface area contributed by atoms with Gasteiger partial charge in [-0.1, -0.05) is 45.0 Å². The number of aryl methyl sites for hydroxylation is 3. The Balaban J connectivity index is -0.000000447. The van der Waals surface area contributed by atoms with Crippen LogP contribution in [-0.4, -0.2) is 31.8 Å². The number of halogens is 3. The number of nitriles is 1. The van der Waals surface area contributed by atoms with Gasteiger partial charge in [-0.3, -0.25) is 10.0 Å². The predicted octanol–water partition coefficient (Wildman–Crippen LogP) is 2.47. The summed E-state index contributed by atoms with van der Waals surface area (Å²) in [6, 6.07) is 2.01. The zero-order valence-corrected chi connectivity index (χ0v) is 28.7. The number of rotatable bonds is 0. The minimum absolute atomic E-state index is 0. The molecule has 3 aromatic heterocycles. The molecule has 10 nitrogen and oxygen atoms in total. The molecule has 0 saturated carbocycles. The zero-order valence-electron chi connectivity index (χ0n) is 21.7. The van der Waals surface area contributed by atoms with Crippen molar-refractivity contribution < 1.29 is 71.0 Å². The number of fused-ring (bicyclic) bond motifs is 1. The standard InChI is InChI=1S/C8H6BrClN2.C8H8BrN3O.C4H9O.C2H5NO2.CH4.K/c1-4-6(3-11)8(10)12-5(2)7(4)9;1-3-5-7(10)12-13-8(5)11-4(2)6(3)9;1-4(2,3)5;1-2(4)3-5;;/h1-2H3;1-2H3,(H2,10,12);1-3H3;5H,1H3,(H,3,4);1H4;/q;;-1;;;+1. The third-order valence-electron chi connectivity index (χ3n) is 3.75. The molecule has 3 heterocycles. The third-order valence-corrected chi connectivity index (χ3v) is 6.37. The third kappa shape index (κ3) is 14.3. The van der Waals surface area contributed by atoms with Crippen LogP contribution in [-0.2, 0) is 4.79 Å². The van der Waals surface area contributed by atoms with Crippen LogP contribution >= 0.6 is 43.5 Å². The van der Waals surface area contributed by atoms with Crippen molar-refractivity contribution in [2.75, 3.05) is 5.73 Å². The van der Waals surface area contributed by atoms with E-state index in [1.54, 1.807) is 20.8 Å². The van der Waals surface area contributed by atoms with Crippen LogP contribution in [0.3, 0.4) is 0 Å². The number of hydrogen-bond donors (Lipinski definition) is 3. The summed E-state index contributed by atoms with van der Waals surface area (Å²) in [5, 5.41) is 31.1. The second-order valence-electron chi connectivity index (χ2n) is 8.08. The molecule has 0 aliphatic carbocycles. The van der Waals surface area contributed by atoms with Crippen LogP contribution in [0.2, 0.25) is 5.15 Å². The van der Waals surface area contributed by atoms with E-state index in [9.17, 15) is 9.90 Å². The van der Waals surface area contributed by atoms with Crippen molar-refractivity contribution in [3.05, 3.63) is 42.2 Å². The van der Waals surface area contributed by atoms with Gasteiger partial charge in [-0.05, 0) is 70.7 Å². The molecular formula is C23H32Br2ClKN6O4. The monoisotopic (exact) mass is 688 g/mol. The quantitative estimate of drug-likeness (QED) is 0.139. The van der Waals surface area contributed by atoms with Gasteiger partial charge in [-0.25, -0.2) is 15.4 Å². The van der Waals surface area contributed by atoms with Gasteiger partial charge < -0.3 is 15.4 Å². The Morgan fingerprint density at radius 1 is 1.14 bits per heavy atom. The first-order valence-electron chi connectivity index (χ1n) is 9.97. The summed E-state index contributed by atoms with van der Waals surface area (Å²) in [5.41, 5.74) is 10.7. The summed E-state index contributed by atoms with van der Waals surface area (Å²) < 4.78 is 6.76. The average molecular weight is 691 g/mol. The number of nitrogens with two attached hydrogens (primary N) is 1. The van der Waals surface area contributed by atoms with E-state index in [0.717, 1.165) is 36.8 Å². The van der Waals surface area contributed by atoms with Gasteiger partial charge in [0, 0.05) is 15.9 Å². The Bertz CT molecular complexity index is 1220. The Morgan fingerprint density at radius 2 is 1.54 bits per heavy atom. The number of nitrogen functional groups attached to an aromatic ring is 1. The zero-order chi connectivity index (χ0) is 27.7. The molecule has 0 aliphatic heterocycles. The normalized spacial score (nSPS) is 9.51. The van der Waals surface area contributed by atoms with Crippen molar-refractivity contribution in [2.45, 2.75) is 68.4 Å².